The number of thioether (sulfide) groups is 1. The van der Waals surface area contributed by atoms with E-state index in [-0.39, 0.29) is 17.9 Å². The molecule has 1 atom stereocenters. The molecule has 2 heterocycles. The normalized spacial score (nSPS) is 18.8. The van der Waals surface area contributed by atoms with Gasteiger partial charge in [0.1, 0.15) is 4.32 Å². The number of hydrogen-bond acceptors (Lipinski definition) is 4. The highest BCUT2D eigenvalue weighted by molar-refractivity contribution is 8.26. The van der Waals surface area contributed by atoms with Gasteiger partial charge in [0.25, 0.3) is 11.8 Å². The zero-order valence-electron chi connectivity index (χ0n) is 17.7. The molecule has 0 bridgehead atoms. The van der Waals surface area contributed by atoms with Gasteiger partial charge in [0.15, 0.2) is 0 Å². The van der Waals surface area contributed by atoms with Gasteiger partial charge in [-0.15, -0.1) is 0 Å². The van der Waals surface area contributed by atoms with Crippen LogP contribution in [0.25, 0.3) is 5.57 Å². The zero-order valence-corrected chi connectivity index (χ0v) is 20.1. The van der Waals surface area contributed by atoms with Crippen LogP contribution in [-0.4, -0.2) is 21.0 Å². The summed E-state index contributed by atoms with van der Waals surface area (Å²) >= 11 is 13.1. The number of halogens is 1. The van der Waals surface area contributed by atoms with E-state index in [1.165, 1.54) is 11.8 Å². The van der Waals surface area contributed by atoms with Crippen molar-refractivity contribution in [2.75, 3.05) is 4.90 Å². The first-order valence-electron chi connectivity index (χ1n) is 10.5. The van der Waals surface area contributed by atoms with Crippen LogP contribution < -0.4 is 4.90 Å². The van der Waals surface area contributed by atoms with Crippen molar-refractivity contribution in [2.24, 2.45) is 0 Å². The van der Waals surface area contributed by atoms with Gasteiger partial charge >= 0.3 is 0 Å². The van der Waals surface area contributed by atoms with E-state index in [1.54, 1.807) is 15.9 Å². The van der Waals surface area contributed by atoms with Gasteiger partial charge in [-0.1, -0.05) is 102 Å². The third-order valence-electron chi connectivity index (χ3n) is 5.90. The van der Waals surface area contributed by atoms with Gasteiger partial charge in [-0.2, -0.15) is 0 Å². The van der Waals surface area contributed by atoms with Crippen LogP contribution in [0.2, 0.25) is 5.02 Å². The molecule has 2 aliphatic rings. The maximum absolute atomic E-state index is 13.7. The number of nitrogens with zero attached hydrogens (tertiary/aromatic N) is 2. The highest BCUT2D eigenvalue weighted by Gasteiger charge is 2.43. The first-order chi connectivity index (χ1) is 16.0. The molecule has 3 aromatic rings. The highest BCUT2D eigenvalue weighted by atomic mass is 35.5. The number of carbonyl (C=O) groups is 2. The van der Waals surface area contributed by atoms with E-state index in [1.807, 2.05) is 79.7 Å². The van der Waals surface area contributed by atoms with Crippen molar-refractivity contribution in [3.05, 3.63) is 105 Å². The van der Waals surface area contributed by atoms with Crippen molar-refractivity contribution in [3.63, 3.8) is 0 Å². The molecule has 2 amide bonds. The van der Waals surface area contributed by atoms with E-state index < -0.39 is 0 Å². The van der Waals surface area contributed by atoms with E-state index in [0.717, 1.165) is 22.4 Å². The summed E-state index contributed by atoms with van der Waals surface area (Å²) in [5.41, 5.74) is 3.73. The molecule has 1 unspecified atom stereocenters. The van der Waals surface area contributed by atoms with Crippen LogP contribution in [0.15, 0.2) is 83.8 Å². The van der Waals surface area contributed by atoms with Crippen molar-refractivity contribution in [2.45, 2.75) is 19.5 Å². The molecule has 0 radical (unpaired) electrons. The van der Waals surface area contributed by atoms with Gasteiger partial charge < -0.3 is 4.90 Å². The molecule has 164 valence electrons. The fourth-order valence-corrected chi connectivity index (χ4v) is 5.88. The standard InChI is InChI=1S/C26H19ClN2O2S2/c1-16(17-9-3-2-4-10-17)29-25(31)23(33-26(29)32)22-19-12-6-8-14-21(19)28(24(22)30)15-18-11-5-7-13-20(18)27/h2-14,16H,15H2,1H3/b23-22-. The lowest BCUT2D eigenvalue weighted by molar-refractivity contribution is -0.123. The Kier molecular flexibility index (Phi) is 5.83. The average Bonchev–Trinajstić information content (AvgIpc) is 3.27. The molecule has 0 saturated carbocycles. The number of hydrogen-bond donors (Lipinski definition) is 0. The van der Waals surface area contributed by atoms with Crippen molar-refractivity contribution < 1.29 is 9.59 Å². The lowest BCUT2D eigenvalue weighted by Gasteiger charge is -2.23. The Morgan fingerprint density at radius 1 is 0.909 bits per heavy atom. The van der Waals surface area contributed by atoms with Gasteiger partial charge in [0, 0.05) is 10.6 Å². The lowest BCUT2D eigenvalue weighted by atomic mass is 10.1. The summed E-state index contributed by atoms with van der Waals surface area (Å²) in [6, 6.07) is 24.5. The van der Waals surface area contributed by atoms with Crippen LogP contribution in [0.4, 0.5) is 5.69 Å². The van der Waals surface area contributed by atoms with Crippen molar-refractivity contribution in [3.8, 4) is 0 Å². The van der Waals surface area contributed by atoms with Gasteiger partial charge in [-0.05, 0) is 30.2 Å². The second-order valence-electron chi connectivity index (χ2n) is 7.83. The van der Waals surface area contributed by atoms with E-state index in [4.69, 9.17) is 23.8 Å². The number of amides is 2. The first-order valence-corrected chi connectivity index (χ1v) is 12.1. The predicted octanol–water partition coefficient (Wildman–Crippen LogP) is 6.22. The Bertz CT molecular complexity index is 1320. The summed E-state index contributed by atoms with van der Waals surface area (Å²) in [6.45, 7) is 2.27. The molecule has 4 nitrogen and oxygen atoms in total. The monoisotopic (exact) mass is 490 g/mol. The number of rotatable bonds is 4. The van der Waals surface area contributed by atoms with Crippen LogP contribution in [0.5, 0.6) is 0 Å². The maximum atomic E-state index is 13.7. The maximum Gasteiger partial charge on any atom is 0.267 e. The minimum Gasteiger partial charge on any atom is -0.303 e. The van der Waals surface area contributed by atoms with Crippen LogP contribution in [0.3, 0.4) is 0 Å². The Labute approximate surface area is 206 Å². The molecule has 7 heteroatoms. The molecule has 1 fully saturated rings. The Balaban J connectivity index is 1.55. The van der Waals surface area contributed by atoms with E-state index in [9.17, 15) is 9.59 Å². The molecular weight excluding hydrogens is 472 g/mol. The van der Waals surface area contributed by atoms with Crippen molar-refractivity contribution in [1.29, 1.82) is 0 Å². The number of para-hydroxylation sites is 1. The van der Waals surface area contributed by atoms with Gasteiger partial charge in [0.05, 0.1) is 28.8 Å². The molecule has 0 spiro atoms. The SMILES string of the molecule is CC(c1ccccc1)N1C(=O)/C(=C2/C(=O)N(Cc3ccccc3Cl)c3ccccc32)SC1=S. The molecule has 0 aromatic heterocycles. The summed E-state index contributed by atoms with van der Waals surface area (Å²) in [7, 11) is 0. The molecular formula is C26H19ClN2O2S2. The van der Waals surface area contributed by atoms with Gasteiger partial charge in [-0.3, -0.25) is 14.5 Å². The minimum atomic E-state index is -0.237. The molecule has 1 saturated heterocycles. The Morgan fingerprint density at radius 2 is 1.58 bits per heavy atom. The summed E-state index contributed by atoms with van der Waals surface area (Å²) in [5, 5.41) is 0.597. The zero-order chi connectivity index (χ0) is 23.1. The molecule has 5 rings (SSSR count). The van der Waals surface area contributed by atoms with Crippen LogP contribution >= 0.6 is 35.6 Å². The fraction of sp³-hybridized carbons (Fsp3) is 0.115. The molecule has 0 aliphatic carbocycles. The summed E-state index contributed by atoms with van der Waals surface area (Å²) < 4.78 is 0.452. The summed E-state index contributed by atoms with van der Waals surface area (Å²) in [6.07, 6.45) is 0. The van der Waals surface area contributed by atoms with Gasteiger partial charge in [-0.25, -0.2) is 0 Å². The fourth-order valence-electron chi connectivity index (χ4n) is 4.20. The topological polar surface area (TPSA) is 40.6 Å². The average molecular weight is 491 g/mol. The largest absolute Gasteiger partial charge is 0.303 e. The van der Waals surface area contributed by atoms with E-state index in [0.29, 0.717) is 26.4 Å². The Hall–Kier alpha value is -2.93. The molecule has 2 aliphatic heterocycles. The molecule has 3 aromatic carbocycles. The molecule has 0 N–H and O–H groups in total. The first kappa shape index (κ1) is 21.9. The third-order valence-corrected chi connectivity index (χ3v) is 7.67. The lowest BCUT2D eigenvalue weighted by Crippen LogP contribution is -2.31. The number of carbonyl (C=O) groups excluding carboxylic acids is 2. The number of fused-ring (bicyclic) bond motifs is 1. The highest BCUT2D eigenvalue weighted by Crippen LogP contribution is 2.46. The molecule has 33 heavy (non-hydrogen) atoms. The second-order valence-corrected chi connectivity index (χ2v) is 9.89. The van der Waals surface area contributed by atoms with E-state index in [2.05, 4.69) is 0 Å². The van der Waals surface area contributed by atoms with Crippen molar-refractivity contribution >= 4 is 63.0 Å². The second kappa shape index (κ2) is 8.78. The number of thiocarbonyl (C=S) groups is 1. The number of anilines is 1. The smallest absolute Gasteiger partial charge is 0.267 e. The predicted molar refractivity (Wildman–Crippen MR) is 138 cm³/mol. The van der Waals surface area contributed by atoms with Gasteiger partial charge in [0.2, 0.25) is 0 Å². The summed E-state index contributed by atoms with van der Waals surface area (Å²) in [4.78, 5) is 30.9. The van der Waals surface area contributed by atoms with Crippen LogP contribution in [-0.2, 0) is 16.1 Å². The third kappa shape index (κ3) is 3.78. The number of benzene rings is 3. The minimum absolute atomic E-state index is 0.219. The van der Waals surface area contributed by atoms with Crippen LogP contribution in [0.1, 0.15) is 29.7 Å². The van der Waals surface area contributed by atoms with E-state index >= 15 is 0 Å². The Morgan fingerprint density at radius 3 is 2.33 bits per heavy atom. The van der Waals surface area contributed by atoms with Crippen molar-refractivity contribution in [1.82, 2.24) is 4.90 Å². The summed E-state index contributed by atoms with van der Waals surface area (Å²) in [5.74, 6) is -0.455. The van der Waals surface area contributed by atoms with Crippen LogP contribution in [0, 0.1) is 0 Å². The quantitative estimate of drug-likeness (QED) is 0.321.